The molecular weight excluding hydrogens is 382 g/mol. The van der Waals surface area contributed by atoms with Crippen LogP contribution < -0.4 is 10.1 Å². The summed E-state index contributed by atoms with van der Waals surface area (Å²) < 4.78 is 11.3. The summed E-state index contributed by atoms with van der Waals surface area (Å²) in [7, 11) is 0. The first-order valence-electron chi connectivity index (χ1n) is 10.4. The van der Waals surface area contributed by atoms with E-state index < -0.39 is 0 Å². The van der Waals surface area contributed by atoms with Crippen LogP contribution in [0, 0.1) is 6.92 Å². The summed E-state index contributed by atoms with van der Waals surface area (Å²) in [5.74, 6) is 1.54. The van der Waals surface area contributed by atoms with Gasteiger partial charge in [-0.2, -0.15) is 0 Å². The zero-order chi connectivity index (χ0) is 20.9. The number of nitrogens with one attached hydrogen (secondary N) is 1. The van der Waals surface area contributed by atoms with Gasteiger partial charge in [0.2, 0.25) is 0 Å². The minimum absolute atomic E-state index is 0.0526. The Balaban J connectivity index is 1.26. The maximum absolute atomic E-state index is 12.6. The summed E-state index contributed by atoms with van der Waals surface area (Å²) in [5.41, 5.74) is 1.84. The lowest BCUT2D eigenvalue weighted by molar-refractivity contribution is -0.142. The summed E-state index contributed by atoms with van der Waals surface area (Å²) >= 11 is 0. The lowest BCUT2D eigenvalue weighted by Crippen LogP contribution is -2.53. The first kappa shape index (κ1) is 20.2. The van der Waals surface area contributed by atoms with Gasteiger partial charge in [-0.1, -0.05) is 12.1 Å². The number of anilines is 1. The molecule has 0 saturated carbocycles. The highest BCUT2D eigenvalue weighted by Gasteiger charge is 2.31. The van der Waals surface area contributed by atoms with Gasteiger partial charge in [-0.05, 0) is 61.7 Å². The van der Waals surface area contributed by atoms with E-state index in [0.29, 0.717) is 44.2 Å². The lowest BCUT2D eigenvalue weighted by Gasteiger charge is -2.35. The Morgan fingerprint density at radius 3 is 2.40 bits per heavy atom. The number of hydrogen-bond acceptors (Lipinski definition) is 4. The van der Waals surface area contributed by atoms with Crippen molar-refractivity contribution in [2.24, 2.45) is 0 Å². The van der Waals surface area contributed by atoms with Crippen molar-refractivity contribution < 1.29 is 19.1 Å². The standard InChI is InChI=1S/C23H27N3O4/c1-17-4-2-5-20(16-17)30-19-9-7-18(8-10-19)24-23(28)26-13-11-25(12-14-26)22(27)21-6-3-15-29-21/h2,4-5,7-10,16,21H,3,6,11-15H2,1H3,(H,24,28). The molecule has 0 radical (unpaired) electrons. The molecule has 30 heavy (non-hydrogen) atoms. The topological polar surface area (TPSA) is 71.1 Å². The fraction of sp³-hybridized carbons (Fsp3) is 0.391. The van der Waals surface area contributed by atoms with E-state index in [-0.39, 0.29) is 18.0 Å². The van der Waals surface area contributed by atoms with Gasteiger partial charge in [0, 0.05) is 38.5 Å². The van der Waals surface area contributed by atoms with E-state index in [1.165, 1.54) is 0 Å². The van der Waals surface area contributed by atoms with Crippen molar-refractivity contribution in [3.63, 3.8) is 0 Å². The normalized spacial score (nSPS) is 18.9. The molecule has 0 bridgehead atoms. The Labute approximate surface area is 176 Å². The minimum atomic E-state index is -0.300. The molecule has 2 aromatic rings. The van der Waals surface area contributed by atoms with Gasteiger partial charge in [-0.15, -0.1) is 0 Å². The predicted molar refractivity (Wildman–Crippen MR) is 114 cm³/mol. The van der Waals surface area contributed by atoms with E-state index in [9.17, 15) is 9.59 Å². The minimum Gasteiger partial charge on any atom is -0.457 e. The van der Waals surface area contributed by atoms with E-state index in [1.807, 2.05) is 55.5 Å². The average Bonchev–Trinajstić information content (AvgIpc) is 3.30. The van der Waals surface area contributed by atoms with Crippen LogP contribution in [-0.2, 0) is 9.53 Å². The second-order valence-corrected chi connectivity index (χ2v) is 7.69. The third-order valence-corrected chi connectivity index (χ3v) is 5.41. The molecule has 2 heterocycles. The third kappa shape index (κ3) is 4.91. The molecule has 7 nitrogen and oxygen atoms in total. The number of ether oxygens (including phenoxy) is 2. The van der Waals surface area contributed by atoms with Gasteiger partial charge in [-0.25, -0.2) is 4.79 Å². The van der Waals surface area contributed by atoms with Gasteiger partial charge in [0.1, 0.15) is 17.6 Å². The molecule has 0 aromatic heterocycles. The molecule has 1 unspecified atom stereocenters. The average molecular weight is 409 g/mol. The number of nitrogens with zero attached hydrogens (tertiary/aromatic N) is 2. The van der Waals surface area contributed by atoms with Gasteiger partial charge < -0.3 is 24.6 Å². The quantitative estimate of drug-likeness (QED) is 0.837. The highest BCUT2D eigenvalue weighted by atomic mass is 16.5. The number of amides is 3. The maximum Gasteiger partial charge on any atom is 0.321 e. The smallest absolute Gasteiger partial charge is 0.321 e. The van der Waals surface area contributed by atoms with Crippen LogP contribution in [-0.4, -0.2) is 60.6 Å². The molecule has 1 N–H and O–H groups in total. The fourth-order valence-electron chi connectivity index (χ4n) is 3.73. The second-order valence-electron chi connectivity index (χ2n) is 7.69. The van der Waals surface area contributed by atoms with Gasteiger partial charge in [0.15, 0.2) is 0 Å². The van der Waals surface area contributed by atoms with Gasteiger partial charge in [0.25, 0.3) is 5.91 Å². The zero-order valence-corrected chi connectivity index (χ0v) is 17.2. The molecular formula is C23H27N3O4. The van der Waals surface area contributed by atoms with Crippen molar-refractivity contribution in [1.29, 1.82) is 0 Å². The number of carbonyl (C=O) groups excluding carboxylic acids is 2. The zero-order valence-electron chi connectivity index (χ0n) is 17.2. The van der Waals surface area contributed by atoms with Gasteiger partial charge >= 0.3 is 6.03 Å². The van der Waals surface area contributed by atoms with Crippen molar-refractivity contribution in [3.05, 3.63) is 54.1 Å². The highest BCUT2D eigenvalue weighted by Crippen LogP contribution is 2.24. The molecule has 0 spiro atoms. The second kappa shape index (κ2) is 9.17. The Bertz CT molecular complexity index is 886. The molecule has 1 atom stereocenters. The summed E-state index contributed by atoms with van der Waals surface area (Å²) in [6.07, 6.45) is 1.43. The van der Waals surface area contributed by atoms with Crippen molar-refractivity contribution in [3.8, 4) is 11.5 Å². The Morgan fingerprint density at radius 1 is 1.00 bits per heavy atom. The molecule has 2 aromatic carbocycles. The number of benzene rings is 2. The molecule has 7 heteroatoms. The lowest BCUT2D eigenvalue weighted by atomic mass is 10.2. The molecule has 3 amide bonds. The number of aryl methyl sites for hydroxylation is 1. The number of piperazine rings is 1. The van der Waals surface area contributed by atoms with E-state index in [4.69, 9.17) is 9.47 Å². The van der Waals surface area contributed by atoms with Crippen molar-refractivity contribution >= 4 is 17.6 Å². The fourth-order valence-corrected chi connectivity index (χ4v) is 3.73. The number of rotatable bonds is 4. The van der Waals surface area contributed by atoms with Crippen LogP contribution in [0.5, 0.6) is 11.5 Å². The summed E-state index contributed by atoms with van der Waals surface area (Å²) in [6.45, 7) is 4.78. The third-order valence-electron chi connectivity index (χ3n) is 5.41. The molecule has 2 aliphatic rings. The number of carbonyl (C=O) groups is 2. The first-order valence-corrected chi connectivity index (χ1v) is 10.4. The highest BCUT2D eigenvalue weighted by molar-refractivity contribution is 5.89. The van der Waals surface area contributed by atoms with Crippen molar-refractivity contribution in [1.82, 2.24) is 9.80 Å². The summed E-state index contributed by atoms with van der Waals surface area (Å²) in [6, 6.07) is 15.0. The van der Waals surface area contributed by atoms with Crippen molar-refractivity contribution in [2.45, 2.75) is 25.9 Å². The van der Waals surface area contributed by atoms with Crippen LogP contribution in [0.1, 0.15) is 18.4 Å². The summed E-state index contributed by atoms with van der Waals surface area (Å²) in [5, 5.41) is 2.91. The maximum atomic E-state index is 12.6. The first-order chi connectivity index (χ1) is 14.6. The Morgan fingerprint density at radius 2 is 1.73 bits per heavy atom. The SMILES string of the molecule is Cc1cccc(Oc2ccc(NC(=O)N3CCN(C(=O)C4CCCO4)CC3)cc2)c1. The van der Waals surface area contributed by atoms with Crippen LogP contribution in [0.2, 0.25) is 0 Å². The van der Waals surface area contributed by atoms with Crippen LogP contribution in [0.25, 0.3) is 0 Å². The van der Waals surface area contributed by atoms with Gasteiger partial charge in [0.05, 0.1) is 0 Å². The molecule has 2 fully saturated rings. The molecule has 0 aliphatic carbocycles. The Hall–Kier alpha value is -3.06. The largest absolute Gasteiger partial charge is 0.457 e. The number of urea groups is 1. The summed E-state index contributed by atoms with van der Waals surface area (Å²) in [4.78, 5) is 28.5. The molecule has 2 aliphatic heterocycles. The Kier molecular flexibility index (Phi) is 6.18. The molecule has 4 rings (SSSR count). The van der Waals surface area contributed by atoms with Crippen LogP contribution in [0.15, 0.2) is 48.5 Å². The van der Waals surface area contributed by atoms with E-state index in [2.05, 4.69) is 5.32 Å². The monoisotopic (exact) mass is 409 g/mol. The van der Waals surface area contributed by atoms with Crippen LogP contribution in [0.3, 0.4) is 0 Å². The van der Waals surface area contributed by atoms with Crippen LogP contribution >= 0.6 is 0 Å². The predicted octanol–water partition coefficient (Wildman–Crippen LogP) is 3.64. The molecule has 158 valence electrons. The van der Waals surface area contributed by atoms with Crippen molar-refractivity contribution in [2.75, 3.05) is 38.1 Å². The van der Waals surface area contributed by atoms with E-state index >= 15 is 0 Å². The number of hydrogen-bond donors (Lipinski definition) is 1. The van der Waals surface area contributed by atoms with Crippen LogP contribution in [0.4, 0.5) is 10.5 Å². The molecule has 2 saturated heterocycles. The van der Waals surface area contributed by atoms with E-state index in [1.54, 1.807) is 9.80 Å². The van der Waals surface area contributed by atoms with E-state index in [0.717, 1.165) is 24.2 Å². The van der Waals surface area contributed by atoms with Gasteiger partial charge in [-0.3, -0.25) is 4.79 Å².